The van der Waals surface area contributed by atoms with Gasteiger partial charge in [0.25, 0.3) is 5.56 Å². The number of nitrogens with zero attached hydrogens (tertiary/aromatic N) is 1. The largest absolute Gasteiger partial charge is 0.311 e. The van der Waals surface area contributed by atoms with Crippen molar-refractivity contribution in [1.29, 1.82) is 0 Å². The highest BCUT2D eigenvalue weighted by Gasteiger charge is 2.08. The van der Waals surface area contributed by atoms with Gasteiger partial charge in [-0.2, -0.15) is 0 Å². The summed E-state index contributed by atoms with van der Waals surface area (Å²) in [6, 6.07) is 18.0. The molecule has 1 aromatic heterocycles. The maximum atomic E-state index is 12.0. The standard InChI is InChI=1S/C18H16ClN3O2S/c19-13-6-8-15(9-7-13)25-11-10-17(23)20-16-12-18(24)22(21-16)14-4-2-1-3-5-14/h1-9,12,21H,10-11H2,(H,20,23). The summed E-state index contributed by atoms with van der Waals surface area (Å²) in [5, 5.41) is 6.30. The Morgan fingerprint density at radius 2 is 1.84 bits per heavy atom. The van der Waals surface area contributed by atoms with Gasteiger partial charge in [0, 0.05) is 28.2 Å². The van der Waals surface area contributed by atoms with Crippen LogP contribution in [0, 0.1) is 0 Å². The average Bonchev–Trinajstić information content (AvgIpc) is 2.97. The van der Waals surface area contributed by atoms with Gasteiger partial charge < -0.3 is 5.32 Å². The molecule has 0 unspecified atom stereocenters. The fourth-order valence-electron chi connectivity index (χ4n) is 2.23. The number of hydrogen-bond acceptors (Lipinski definition) is 3. The second-order valence-corrected chi connectivity index (χ2v) is 6.88. The van der Waals surface area contributed by atoms with Gasteiger partial charge in [0.15, 0.2) is 0 Å². The van der Waals surface area contributed by atoms with E-state index >= 15 is 0 Å². The molecule has 0 saturated carbocycles. The van der Waals surface area contributed by atoms with Crippen molar-refractivity contribution in [3.05, 3.63) is 76.0 Å². The summed E-state index contributed by atoms with van der Waals surface area (Å²) < 4.78 is 1.39. The van der Waals surface area contributed by atoms with Crippen LogP contribution in [0.3, 0.4) is 0 Å². The van der Waals surface area contributed by atoms with Gasteiger partial charge in [-0.05, 0) is 36.4 Å². The Balaban J connectivity index is 1.55. The third-order valence-corrected chi connectivity index (χ3v) is 4.69. The summed E-state index contributed by atoms with van der Waals surface area (Å²) in [6.07, 6.45) is 0.339. The lowest BCUT2D eigenvalue weighted by molar-refractivity contribution is -0.115. The number of amides is 1. The van der Waals surface area contributed by atoms with Gasteiger partial charge in [-0.1, -0.05) is 29.8 Å². The van der Waals surface area contributed by atoms with Crippen molar-refractivity contribution in [3.63, 3.8) is 0 Å². The molecular formula is C18H16ClN3O2S. The van der Waals surface area contributed by atoms with Crippen LogP contribution in [-0.4, -0.2) is 21.4 Å². The Labute approximate surface area is 154 Å². The number of anilines is 1. The summed E-state index contributed by atoms with van der Waals surface area (Å²) in [4.78, 5) is 25.1. The second kappa shape index (κ2) is 8.09. The van der Waals surface area contributed by atoms with Gasteiger partial charge in [0.05, 0.1) is 5.69 Å². The maximum Gasteiger partial charge on any atom is 0.273 e. The van der Waals surface area contributed by atoms with Crippen molar-refractivity contribution in [2.75, 3.05) is 11.1 Å². The van der Waals surface area contributed by atoms with Crippen molar-refractivity contribution in [2.45, 2.75) is 11.3 Å². The van der Waals surface area contributed by atoms with E-state index in [1.54, 1.807) is 11.8 Å². The fourth-order valence-corrected chi connectivity index (χ4v) is 3.21. The number of aromatic nitrogens is 2. The van der Waals surface area contributed by atoms with Crippen LogP contribution in [0.5, 0.6) is 0 Å². The molecule has 7 heteroatoms. The van der Waals surface area contributed by atoms with E-state index in [1.165, 1.54) is 10.7 Å². The first kappa shape index (κ1) is 17.4. The number of H-pyrrole nitrogens is 1. The number of hydrogen-bond donors (Lipinski definition) is 2. The smallest absolute Gasteiger partial charge is 0.273 e. The zero-order valence-electron chi connectivity index (χ0n) is 13.2. The van der Waals surface area contributed by atoms with E-state index in [-0.39, 0.29) is 11.5 Å². The SMILES string of the molecule is O=C(CCSc1ccc(Cl)cc1)Nc1cc(=O)n(-c2ccccc2)[nH]1. The Morgan fingerprint density at radius 1 is 1.12 bits per heavy atom. The van der Waals surface area contributed by atoms with Gasteiger partial charge in [-0.3, -0.25) is 14.7 Å². The minimum absolute atomic E-state index is 0.150. The molecule has 0 bridgehead atoms. The van der Waals surface area contributed by atoms with Crippen LogP contribution in [0.1, 0.15) is 6.42 Å². The molecule has 2 N–H and O–H groups in total. The first-order chi connectivity index (χ1) is 12.1. The highest BCUT2D eigenvalue weighted by Crippen LogP contribution is 2.21. The van der Waals surface area contributed by atoms with Crippen LogP contribution in [0.4, 0.5) is 5.82 Å². The monoisotopic (exact) mass is 373 g/mol. The van der Waals surface area contributed by atoms with E-state index in [0.717, 1.165) is 4.90 Å². The van der Waals surface area contributed by atoms with Gasteiger partial charge in [-0.25, -0.2) is 4.68 Å². The molecule has 3 aromatic rings. The third kappa shape index (κ3) is 4.78. The lowest BCUT2D eigenvalue weighted by Crippen LogP contribution is -2.13. The van der Waals surface area contributed by atoms with Gasteiger partial charge >= 0.3 is 0 Å². The van der Waals surface area contributed by atoms with Crippen LogP contribution < -0.4 is 10.9 Å². The fraction of sp³-hybridized carbons (Fsp3) is 0.111. The van der Waals surface area contributed by atoms with E-state index in [0.29, 0.717) is 28.7 Å². The quantitative estimate of drug-likeness (QED) is 0.643. The molecule has 1 heterocycles. The zero-order chi connectivity index (χ0) is 17.6. The number of thioether (sulfide) groups is 1. The second-order valence-electron chi connectivity index (χ2n) is 5.28. The minimum atomic E-state index is -0.225. The number of nitrogens with one attached hydrogen (secondary N) is 2. The number of carbonyl (C=O) groups is 1. The third-order valence-electron chi connectivity index (χ3n) is 3.42. The maximum absolute atomic E-state index is 12.0. The van der Waals surface area contributed by atoms with Crippen molar-refractivity contribution in [1.82, 2.24) is 9.78 Å². The summed E-state index contributed by atoms with van der Waals surface area (Å²) in [6.45, 7) is 0. The van der Waals surface area contributed by atoms with Gasteiger partial charge in [-0.15, -0.1) is 11.8 Å². The van der Waals surface area contributed by atoms with E-state index in [9.17, 15) is 9.59 Å². The van der Waals surface area contributed by atoms with Gasteiger partial charge in [0.1, 0.15) is 5.82 Å². The van der Waals surface area contributed by atoms with Crippen molar-refractivity contribution < 1.29 is 4.79 Å². The van der Waals surface area contributed by atoms with Crippen molar-refractivity contribution in [3.8, 4) is 5.69 Å². The Bertz CT molecular complexity index is 904. The van der Waals surface area contributed by atoms with Crippen LogP contribution in [0.25, 0.3) is 5.69 Å². The lowest BCUT2D eigenvalue weighted by Gasteiger charge is -2.04. The number of para-hydroxylation sites is 1. The molecular weight excluding hydrogens is 358 g/mol. The van der Waals surface area contributed by atoms with Crippen molar-refractivity contribution in [2.24, 2.45) is 0 Å². The molecule has 1 amide bonds. The summed E-state index contributed by atoms with van der Waals surface area (Å²) in [7, 11) is 0. The first-order valence-corrected chi connectivity index (χ1v) is 9.04. The molecule has 0 spiro atoms. The minimum Gasteiger partial charge on any atom is -0.311 e. The molecule has 128 valence electrons. The topological polar surface area (TPSA) is 66.9 Å². The van der Waals surface area contributed by atoms with E-state index < -0.39 is 0 Å². The molecule has 2 aromatic carbocycles. The first-order valence-electron chi connectivity index (χ1n) is 7.67. The molecule has 5 nitrogen and oxygen atoms in total. The van der Waals surface area contributed by atoms with Crippen molar-refractivity contribution >= 4 is 35.1 Å². The molecule has 0 atom stereocenters. The Kier molecular flexibility index (Phi) is 5.63. The predicted molar refractivity (Wildman–Crippen MR) is 102 cm³/mol. The Hall–Kier alpha value is -2.44. The molecule has 0 fully saturated rings. The average molecular weight is 374 g/mol. The van der Waals surface area contributed by atoms with E-state index in [4.69, 9.17) is 11.6 Å². The molecule has 0 aliphatic rings. The van der Waals surface area contributed by atoms with E-state index in [2.05, 4.69) is 10.4 Å². The van der Waals surface area contributed by atoms with Crippen LogP contribution >= 0.6 is 23.4 Å². The molecule has 0 aliphatic heterocycles. The predicted octanol–water partition coefficient (Wildman–Crippen LogP) is 3.94. The zero-order valence-corrected chi connectivity index (χ0v) is 14.8. The molecule has 0 saturated heterocycles. The normalized spacial score (nSPS) is 10.6. The van der Waals surface area contributed by atoms with Gasteiger partial charge in [0.2, 0.25) is 5.91 Å². The Morgan fingerprint density at radius 3 is 2.56 bits per heavy atom. The number of halogens is 1. The molecule has 0 radical (unpaired) electrons. The number of benzene rings is 2. The molecule has 0 aliphatic carbocycles. The van der Waals surface area contributed by atoms with Crippen LogP contribution in [0.2, 0.25) is 5.02 Å². The summed E-state index contributed by atoms with van der Waals surface area (Å²) in [5.74, 6) is 0.871. The molecule has 25 heavy (non-hydrogen) atoms. The highest BCUT2D eigenvalue weighted by atomic mass is 35.5. The summed E-state index contributed by atoms with van der Waals surface area (Å²) >= 11 is 7.42. The van der Waals surface area contributed by atoms with E-state index in [1.807, 2.05) is 54.6 Å². The van der Waals surface area contributed by atoms with Crippen LogP contribution in [-0.2, 0) is 4.79 Å². The number of carbonyl (C=O) groups excluding carboxylic acids is 1. The molecule has 3 rings (SSSR count). The number of rotatable bonds is 6. The number of aromatic amines is 1. The summed E-state index contributed by atoms with van der Waals surface area (Å²) in [5.41, 5.74) is 0.489. The highest BCUT2D eigenvalue weighted by molar-refractivity contribution is 7.99. The van der Waals surface area contributed by atoms with Crippen LogP contribution in [0.15, 0.2) is 70.4 Å². The lowest BCUT2D eigenvalue weighted by atomic mass is 10.3.